The Labute approximate surface area is 161 Å². The number of esters is 1. The van der Waals surface area contributed by atoms with E-state index in [4.69, 9.17) is 9.47 Å². The summed E-state index contributed by atoms with van der Waals surface area (Å²) in [5.41, 5.74) is 4.05. The van der Waals surface area contributed by atoms with Gasteiger partial charge in [0.05, 0.1) is 18.2 Å². The van der Waals surface area contributed by atoms with Crippen LogP contribution in [0, 0.1) is 17.0 Å². The van der Waals surface area contributed by atoms with Gasteiger partial charge in [0.15, 0.2) is 0 Å². The van der Waals surface area contributed by atoms with Crippen molar-refractivity contribution in [3.05, 3.63) is 68.8 Å². The molecule has 0 unspecified atom stereocenters. The molecule has 0 aliphatic rings. The van der Waals surface area contributed by atoms with Gasteiger partial charge in [-0.2, -0.15) is 5.10 Å². The number of nitro groups is 1. The van der Waals surface area contributed by atoms with Crippen molar-refractivity contribution >= 4 is 23.8 Å². The maximum Gasteiger partial charge on any atom is 0.302 e. The van der Waals surface area contributed by atoms with Crippen molar-refractivity contribution in [3.63, 3.8) is 0 Å². The normalized spacial score (nSPS) is 10.5. The molecule has 0 saturated carbocycles. The second kappa shape index (κ2) is 9.26. The molecule has 0 radical (unpaired) electrons. The van der Waals surface area contributed by atoms with E-state index in [1.165, 1.54) is 38.4 Å². The summed E-state index contributed by atoms with van der Waals surface area (Å²) in [7, 11) is 1.50. The van der Waals surface area contributed by atoms with Crippen molar-refractivity contribution in [1.29, 1.82) is 0 Å². The lowest BCUT2D eigenvalue weighted by molar-refractivity contribution is -0.385. The minimum atomic E-state index is -0.576. The number of nitrogens with one attached hydrogen (secondary N) is 1. The number of ether oxygens (including phenoxy) is 2. The molecule has 0 spiro atoms. The Morgan fingerprint density at radius 3 is 2.64 bits per heavy atom. The number of methoxy groups -OCH3 is 1. The fraction of sp³-hybridized carbons (Fsp3) is 0.211. The van der Waals surface area contributed by atoms with Crippen LogP contribution in [0.2, 0.25) is 0 Å². The number of nitro benzene ring substituents is 1. The average molecular weight is 385 g/mol. The fourth-order valence-electron chi connectivity index (χ4n) is 2.35. The minimum Gasteiger partial charge on any atom is -0.496 e. The predicted molar refractivity (Wildman–Crippen MR) is 101 cm³/mol. The number of aryl methyl sites for hydroxylation is 1. The molecule has 2 aromatic rings. The summed E-state index contributed by atoms with van der Waals surface area (Å²) in [5, 5.41) is 14.8. The van der Waals surface area contributed by atoms with E-state index >= 15 is 0 Å². The third kappa shape index (κ3) is 5.37. The van der Waals surface area contributed by atoms with Crippen molar-refractivity contribution in [2.45, 2.75) is 20.5 Å². The molecule has 0 saturated heterocycles. The molecule has 2 aromatic carbocycles. The summed E-state index contributed by atoms with van der Waals surface area (Å²) < 4.78 is 10.2. The van der Waals surface area contributed by atoms with E-state index in [9.17, 15) is 19.7 Å². The molecule has 9 nitrogen and oxygen atoms in total. The number of carbonyl (C=O) groups excluding carboxylic acids is 2. The number of benzene rings is 2. The Kier molecular flexibility index (Phi) is 6.80. The monoisotopic (exact) mass is 385 g/mol. The number of amides is 1. The summed E-state index contributed by atoms with van der Waals surface area (Å²) in [4.78, 5) is 33.6. The summed E-state index contributed by atoms with van der Waals surface area (Å²) in [6.45, 7) is 2.94. The highest BCUT2D eigenvalue weighted by Crippen LogP contribution is 2.21. The molecule has 1 N–H and O–H groups in total. The zero-order valence-electron chi connectivity index (χ0n) is 15.6. The average Bonchev–Trinajstić information content (AvgIpc) is 2.66. The first-order valence-corrected chi connectivity index (χ1v) is 8.20. The number of carbonyl (C=O) groups is 2. The molecule has 0 atom stereocenters. The van der Waals surface area contributed by atoms with E-state index in [-0.39, 0.29) is 17.9 Å². The molecule has 0 heterocycles. The minimum absolute atomic E-state index is 0.0412. The second-order valence-electron chi connectivity index (χ2n) is 5.81. The van der Waals surface area contributed by atoms with Gasteiger partial charge < -0.3 is 9.47 Å². The first kappa shape index (κ1) is 20.6. The van der Waals surface area contributed by atoms with Crippen LogP contribution in [-0.2, 0) is 16.1 Å². The van der Waals surface area contributed by atoms with Gasteiger partial charge in [0.1, 0.15) is 12.4 Å². The maximum absolute atomic E-state index is 12.1. The molecule has 2 rings (SSSR count). The number of hydrogen-bond acceptors (Lipinski definition) is 7. The van der Waals surface area contributed by atoms with Gasteiger partial charge in [0.2, 0.25) is 0 Å². The molecule has 0 fully saturated rings. The molecule has 1 amide bonds. The molecule has 0 bridgehead atoms. The van der Waals surface area contributed by atoms with Crippen molar-refractivity contribution in [2.24, 2.45) is 5.10 Å². The summed E-state index contributed by atoms with van der Waals surface area (Å²) in [5.74, 6) is -0.442. The van der Waals surface area contributed by atoms with Crippen LogP contribution in [0.1, 0.15) is 34.0 Å². The maximum atomic E-state index is 12.1. The SMILES string of the molecule is COc1ccc(/C=N/NC(=O)c2ccc(C)c([N+](=O)[O-])c2)cc1COC(C)=O. The third-order valence-electron chi connectivity index (χ3n) is 3.78. The zero-order valence-corrected chi connectivity index (χ0v) is 15.6. The Hall–Kier alpha value is -3.75. The summed E-state index contributed by atoms with van der Waals surface area (Å²) in [6.07, 6.45) is 1.40. The Morgan fingerprint density at radius 1 is 1.25 bits per heavy atom. The van der Waals surface area contributed by atoms with Crippen LogP contribution in [0.5, 0.6) is 5.75 Å². The molecule has 28 heavy (non-hydrogen) atoms. The highest BCUT2D eigenvalue weighted by Gasteiger charge is 2.14. The van der Waals surface area contributed by atoms with Crippen molar-refractivity contribution in [2.75, 3.05) is 7.11 Å². The van der Waals surface area contributed by atoms with Crippen LogP contribution in [-0.4, -0.2) is 30.1 Å². The summed E-state index contributed by atoms with van der Waals surface area (Å²) in [6, 6.07) is 9.28. The summed E-state index contributed by atoms with van der Waals surface area (Å²) >= 11 is 0. The van der Waals surface area contributed by atoms with Crippen molar-refractivity contribution < 1.29 is 24.0 Å². The topological polar surface area (TPSA) is 120 Å². The molecule has 9 heteroatoms. The van der Waals surface area contributed by atoms with E-state index in [2.05, 4.69) is 10.5 Å². The van der Waals surface area contributed by atoms with Crippen LogP contribution in [0.4, 0.5) is 5.69 Å². The van der Waals surface area contributed by atoms with Crippen molar-refractivity contribution in [1.82, 2.24) is 5.43 Å². The molecular formula is C19H19N3O6. The standard InChI is InChI=1S/C19H19N3O6/c1-12-4-6-15(9-17(12)22(25)26)19(24)21-20-10-14-5-7-18(27-3)16(8-14)11-28-13(2)23/h4-10H,11H2,1-3H3,(H,21,24)/b20-10+. The number of rotatable bonds is 7. The smallest absolute Gasteiger partial charge is 0.302 e. The van der Waals surface area contributed by atoms with Gasteiger partial charge in [-0.05, 0) is 36.8 Å². The Balaban J connectivity index is 2.10. The zero-order chi connectivity index (χ0) is 20.7. The molecule has 0 aliphatic carbocycles. The van der Waals surface area contributed by atoms with E-state index in [1.807, 2.05) is 0 Å². The molecular weight excluding hydrogens is 366 g/mol. The fourth-order valence-corrected chi connectivity index (χ4v) is 2.35. The highest BCUT2D eigenvalue weighted by molar-refractivity contribution is 5.95. The Morgan fingerprint density at radius 2 is 2.00 bits per heavy atom. The van der Waals surface area contributed by atoms with E-state index in [0.29, 0.717) is 22.4 Å². The lowest BCUT2D eigenvalue weighted by Crippen LogP contribution is -2.17. The van der Waals surface area contributed by atoms with Crippen LogP contribution >= 0.6 is 0 Å². The largest absolute Gasteiger partial charge is 0.496 e. The van der Waals surface area contributed by atoms with E-state index in [0.717, 1.165) is 0 Å². The second-order valence-corrected chi connectivity index (χ2v) is 5.81. The lowest BCUT2D eigenvalue weighted by atomic mass is 10.1. The number of hydrazone groups is 1. The van der Waals surface area contributed by atoms with Gasteiger partial charge >= 0.3 is 5.97 Å². The lowest BCUT2D eigenvalue weighted by Gasteiger charge is -2.09. The van der Waals surface area contributed by atoms with Crippen LogP contribution in [0.3, 0.4) is 0 Å². The van der Waals surface area contributed by atoms with Crippen molar-refractivity contribution in [3.8, 4) is 5.75 Å². The predicted octanol–water partition coefficient (Wildman–Crippen LogP) is 2.74. The van der Waals surface area contributed by atoms with E-state index in [1.54, 1.807) is 25.1 Å². The van der Waals surface area contributed by atoms with Crippen LogP contribution < -0.4 is 10.2 Å². The van der Waals surface area contributed by atoms with Gasteiger partial charge in [0, 0.05) is 29.7 Å². The van der Waals surface area contributed by atoms with Gasteiger partial charge in [-0.1, -0.05) is 6.07 Å². The first-order chi connectivity index (χ1) is 13.3. The van der Waals surface area contributed by atoms with Gasteiger partial charge in [0.25, 0.3) is 11.6 Å². The van der Waals surface area contributed by atoms with Gasteiger partial charge in [-0.3, -0.25) is 19.7 Å². The first-order valence-electron chi connectivity index (χ1n) is 8.20. The number of nitrogens with zero attached hydrogens (tertiary/aromatic N) is 2. The number of hydrogen-bond donors (Lipinski definition) is 1. The van der Waals surface area contributed by atoms with Crippen LogP contribution in [0.15, 0.2) is 41.5 Å². The quantitative estimate of drug-likeness (QED) is 0.339. The molecule has 146 valence electrons. The Bertz CT molecular complexity index is 939. The van der Waals surface area contributed by atoms with Gasteiger partial charge in [-0.25, -0.2) is 5.43 Å². The van der Waals surface area contributed by atoms with Crippen LogP contribution in [0.25, 0.3) is 0 Å². The third-order valence-corrected chi connectivity index (χ3v) is 3.78. The molecule has 0 aromatic heterocycles. The van der Waals surface area contributed by atoms with E-state index < -0.39 is 16.8 Å². The highest BCUT2D eigenvalue weighted by atomic mass is 16.6. The van der Waals surface area contributed by atoms with Gasteiger partial charge in [-0.15, -0.1) is 0 Å². The molecule has 0 aliphatic heterocycles.